The summed E-state index contributed by atoms with van der Waals surface area (Å²) in [6.07, 6.45) is 1.86. The third kappa shape index (κ3) is 4.99. The molecule has 0 radical (unpaired) electrons. The Balaban J connectivity index is 2.15. The Morgan fingerprint density at radius 3 is 2.57 bits per heavy atom. The van der Waals surface area contributed by atoms with Gasteiger partial charge in [0, 0.05) is 35.2 Å². The highest BCUT2D eigenvalue weighted by molar-refractivity contribution is 7.07. The molecule has 0 aliphatic rings. The maximum Gasteiger partial charge on any atom is 0.270 e. The summed E-state index contributed by atoms with van der Waals surface area (Å²) < 4.78 is 29.4. The van der Waals surface area contributed by atoms with Crippen LogP contribution < -0.4 is 4.80 Å². The molecule has 5 nitrogen and oxygen atoms in total. The lowest BCUT2D eigenvalue weighted by Gasteiger charge is -2.18. The Bertz CT molecular complexity index is 1120. The lowest BCUT2D eigenvalue weighted by molar-refractivity contribution is -0.384. The average molecular weight is 432 g/mol. The van der Waals surface area contributed by atoms with Gasteiger partial charge in [-0.15, -0.1) is 11.3 Å². The van der Waals surface area contributed by atoms with Crippen LogP contribution in [0.15, 0.2) is 52.8 Å². The van der Waals surface area contributed by atoms with Crippen LogP contribution in [0.1, 0.15) is 39.7 Å². The fourth-order valence-corrected chi connectivity index (χ4v) is 4.21. The van der Waals surface area contributed by atoms with Crippen molar-refractivity contribution in [3.8, 4) is 11.3 Å². The molecule has 3 rings (SSSR count). The monoisotopic (exact) mass is 431 g/mol. The van der Waals surface area contributed by atoms with Crippen LogP contribution in [-0.2, 0) is 0 Å². The molecule has 1 aromatic heterocycles. The van der Waals surface area contributed by atoms with E-state index in [0.717, 1.165) is 24.6 Å². The Morgan fingerprint density at radius 1 is 1.13 bits per heavy atom. The van der Waals surface area contributed by atoms with E-state index in [1.54, 1.807) is 6.07 Å². The number of nitrogens with zero attached hydrogens (tertiary/aromatic N) is 3. The Hall–Kier alpha value is -2.87. The highest BCUT2D eigenvalue weighted by Crippen LogP contribution is 2.29. The molecule has 0 amide bonds. The number of benzene rings is 2. The van der Waals surface area contributed by atoms with Crippen molar-refractivity contribution < 1.29 is 13.7 Å². The first-order valence-corrected chi connectivity index (χ1v) is 10.6. The zero-order valence-electron chi connectivity index (χ0n) is 17.0. The van der Waals surface area contributed by atoms with Gasteiger partial charge in [-0.25, -0.2) is 13.8 Å². The summed E-state index contributed by atoms with van der Waals surface area (Å²) >= 11 is 1.32. The van der Waals surface area contributed by atoms with Crippen molar-refractivity contribution in [3.05, 3.63) is 74.4 Å². The van der Waals surface area contributed by atoms with Crippen molar-refractivity contribution in [2.45, 2.75) is 39.7 Å². The van der Waals surface area contributed by atoms with E-state index in [1.165, 1.54) is 35.6 Å². The van der Waals surface area contributed by atoms with Crippen molar-refractivity contribution in [2.75, 3.05) is 0 Å². The lowest BCUT2D eigenvalue weighted by atomic mass is 10.0. The van der Waals surface area contributed by atoms with E-state index < -0.39 is 16.6 Å². The van der Waals surface area contributed by atoms with Gasteiger partial charge in [0.15, 0.2) is 10.6 Å². The lowest BCUT2D eigenvalue weighted by Crippen LogP contribution is -2.20. The summed E-state index contributed by atoms with van der Waals surface area (Å²) in [7, 11) is 0. The van der Waals surface area contributed by atoms with Crippen molar-refractivity contribution in [3.63, 3.8) is 0 Å². The molecule has 0 fully saturated rings. The zero-order chi connectivity index (χ0) is 21.8. The highest BCUT2D eigenvalue weighted by atomic mass is 32.1. The number of rotatable bonds is 7. The number of thiazole rings is 1. The molecule has 0 aliphatic carbocycles. The second-order valence-corrected chi connectivity index (χ2v) is 8.45. The van der Waals surface area contributed by atoms with Crippen LogP contribution in [-0.4, -0.2) is 9.49 Å². The molecule has 30 heavy (non-hydrogen) atoms. The normalized spacial score (nSPS) is 13.1. The summed E-state index contributed by atoms with van der Waals surface area (Å²) in [4.78, 5) is 15.8. The van der Waals surface area contributed by atoms with Crippen molar-refractivity contribution in [1.82, 2.24) is 4.57 Å². The minimum atomic E-state index is -0.735. The minimum Gasteiger partial charge on any atom is -0.314 e. The number of aromatic nitrogens is 1. The van der Waals surface area contributed by atoms with E-state index >= 15 is 0 Å². The fourth-order valence-electron chi connectivity index (χ4n) is 3.20. The van der Waals surface area contributed by atoms with E-state index in [2.05, 4.69) is 25.8 Å². The molecule has 0 saturated heterocycles. The molecule has 0 aliphatic heterocycles. The van der Waals surface area contributed by atoms with E-state index in [-0.39, 0.29) is 17.4 Å². The first-order chi connectivity index (χ1) is 14.3. The molecule has 0 bridgehead atoms. The summed E-state index contributed by atoms with van der Waals surface area (Å²) in [6, 6.07) is 9.74. The Morgan fingerprint density at radius 2 is 1.90 bits per heavy atom. The second-order valence-electron chi connectivity index (χ2n) is 7.61. The fraction of sp³-hybridized carbons (Fsp3) is 0.318. The maximum atomic E-state index is 14.2. The largest absolute Gasteiger partial charge is 0.314 e. The van der Waals surface area contributed by atoms with Crippen molar-refractivity contribution >= 4 is 22.7 Å². The molecule has 3 aromatic rings. The van der Waals surface area contributed by atoms with Crippen molar-refractivity contribution in [1.29, 1.82) is 0 Å². The third-order valence-electron chi connectivity index (χ3n) is 4.82. The standard InChI is InChI=1S/C22H23F2N3O2S/c1-14(2)7-8-15(3)26-21(16-5-4-6-18(11-16)27(28)29)13-30-22(26)25-20-10-9-17(23)12-19(20)24/h4-6,9-15H,7-8H2,1-3H3. The SMILES string of the molecule is CC(C)CCC(C)n1c(-c2cccc([N+](=O)[O-])c2)csc1=Nc1ccc(F)cc1F. The molecule has 158 valence electrons. The van der Waals surface area contributed by atoms with Crippen LogP contribution in [0, 0.1) is 27.7 Å². The van der Waals surface area contributed by atoms with E-state index in [9.17, 15) is 18.9 Å². The Labute approximate surface area is 177 Å². The second kappa shape index (κ2) is 9.30. The summed E-state index contributed by atoms with van der Waals surface area (Å²) in [6.45, 7) is 6.34. The topological polar surface area (TPSA) is 60.4 Å². The van der Waals surface area contributed by atoms with Gasteiger partial charge >= 0.3 is 0 Å². The van der Waals surface area contributed by atoms with E-state index in [0.29, 0.717) is 16.3 Å². The van der Waals surface area contributed by atoms with Gasteiger partial charge in [-0.2, -0.15) is 0 Å². The van der Waals surface area contributed by atoms with E-state index in [4.69, 9.17) is 0 Å². The molecular weight excluding hydrogens is 408 g/mol. The molecule has 0 saturated carbocycles. The molecule has 1 atom stereocenters. The predicted octanol–water partition coefficient (Wildman–Crippen LogP) is 6.63. The average Bonchev–Trinajstić information content (AvgIpc) is 3.12. The number of hydrogen-bond donors (Lipinski definition) is 0. The van der Waals surface area contributed by atoms with Gasteiger partial charge < -0.3 is 4.57 Å². The number of nitro benzene ring substituents is 1. The van der Waals surface area contributed by atoms with Crippen LogP contribution in [0.5, 0.6) is 0 Å². The molecule has 0 spiro atoms. The Kier molecular flexibility index (Phi) is 6.77. The highest BCUT2D eigenvalue weighted by Gasteiger charge is 2.17. The summed E-state index contributed by atoms with van der Waals surface area (Å²) in [5.41, 5.74) is 1.52. The molecular formula is C22H23F2N3O2S. The van der Waals surface area contributed by atoms with Crippen LogP contribution in [0.3, 0.4) is 0 Å². The van der Waals surface area contributed by atoms with Gasteiger partial charge in [0.1, 0.15) is 11.5 Å². The smallest absolute Gasteiger partial charge is 0.270 e. The molecule has 0 N–H and O–H groups in total. The molecule has 2 aromatic carbocycles. The van der Waals surface area contributed by atoms with Gasteiger partial charge in [0.2, 0.25) is 0 Å². The summed E-state index contributed by atoms with van der Waals surface area (Å²) in [5.74, 6) is -0.877. The number of non-ortho nitro benzene ring substituents is 1. The van der Waals surface area contributed by atoms with Gasteiger partial charge in [-0.3, -0.25) is 10.1 Å². The first kappa shape index (κ1) is 21.8. The molecule has 8 heteroatoms. The third-order valence-corrected chi connectivity index (χ3v) is 5.66. The quantitative estimate of drug-likeness (QED) is 0.311. The number of nitro groups is 1. The number of halogens is 2. The van der Waals surface area contributed by atoms with Gasteiger partial charge in [-0.1, -0.05) is 26.0 Å². The van der Waals surface area contributed by atoms with Crippen LogP contribution >= 0.6 is 11.3 Å². The van der Waals surface area contributed by atoms with Crippen LogP contribution in [0.25, 0.3) is 11.3 Å². The number of hydrogen-bond acceptors (Lipinski definition) is 4. The van der Waals surface area contributed by atoms with E-state index in [1.807, 2.05) is 16.0 Å². The minimum absolute atomic E-state index is 0.00292. The van der Waals surface area contributed by atoms with Gasteiger partial charge in [-0.05, 0) is 37.8 Å². The zero-order valence-corrected chi connectivity index (χ0v) is 17.8. The summed E-state index contributed by atoms with van der Waals surface area (Å²) in [5, 5.41) is 13.1. The van der Waals surface area contributed by atoms with Gasteiger partial charge in [0.25, 0.3) is 5.69 Å². The predicted molar refractivity (Wildman–Crippen MR) is 115 cm³/mol. The first-order valence-electron chi connectivity index (χ1n) is 9.71. The van der Waals surface area contributed by atoms with Gasteiger partial charge in [0.05, 0.1) is 10.6 Å². The maximum absolute atomic E-state index is 14.2. The molecule has 1 heterocycles. The van der Waals surface area contributed by atoms with Crippen LogP contribution in [0.2, 0.25) is 0 Å². The van der Waals surface area contributed by atoms with Crippen molar-refractivity contribution in [2.24, 2.45) is 10.9 Å². The molecule has 1 unspecified atom stereocenters. The van der Waals surface area contributed by atoms with Crippen LogP contribution in [0.4, 0.5) is 20.2 Å².